The molecule has 0 fully saturated rings. The number of rotatable bonds is 0. The van der Waals surface area contributed by atoms with Crippen LogP contribution in [0.2, 0.25) is 0 Å². The zero-order chi connectivity index (χ0) is 12.8. The molecule has 2 aromatic carbocycles. The second-order valence-corrected chi connectivity index (χ2v) is 5.20. The molecule has 1 unspecified atom stereocenters. The van der Waals surface area contributed by atoms with E-state index in [1.54, 1.807) is 0 Å². The van der Waals surface area contributed by atoms with E-state index >= 15 is 0 Å². The molecule has 3 heteroatoms. The number of hydrogen-bond donors (Lipinski definition) is 2. The van der Waals surface area contributed by atoms with Gasteiger partial charge in [-0.05, 0) is 25.1 Å². The van der Waals surface area contributed by atoms with Crippen LogP contribution >= 0.6 is 0 Å². The number of anilines is 2. The van der Waals surface area contributed by atoms with Crippen LogP contribution in [0.5, 0.6) is 5.75 Å². The van der Waals surface area contributed by atoms with Gasteiger partial charge >= 0.3 is 0 Å². The van der Waals surface area contributed by atoms with Crippen LogP contribution in [0.25, 0.3) is 0 Å². The van der Waals surface area contributed by atoms with Gasteiger partial charge in [0, 0.05) is 5.56 Å². The van der Waals surface area contributed by atoms with Crippen LogP contribution < -0.4 is 15.4 Å². The molecular weight excluding hydrogens is 236 g/mol. The van der Waals surface area contributed by atoms with Gasteiger partial charge < -0.3 is 15.4 Å². The van der Waals surface area contributed by atoms with E-state index in [9.17, 15) is 0 Å². The molecule has 4 rings (SSSR count). The van der Waals surface area contributed by atoms with Gasteiger partial charge in [0.2, 0.25) is 0 Å². The summed E-state index contributed by atoms with van der Waals surface area (Å²) in [7, 11) is 0. The summed E-state index contributed by atoms with van der Waals surface area (Å²) in [4.78, 5) is 0. The van der Waals surface area contributed by atoms with Crippen molar-refractivity contribution in [3.8, 4) is 5.75 Å². The molecule has 3 nitrogen and oxygen atoms in total. The monoisotopic (exact) mass is 252 g/mol. The van der Waals surface area contributed by atoms with Crippen molar-refractivity contribution in [2.24, 2.45) is 0 Å². The molecule has 0 aliphatic carbocycles. The number of benzene rings is 2. The Morgan fingerprint density at radius 3 is 2.42 bits per heavy atom. The van der Waals surface area contributed by atoms with E-state index in [-0.39, 0.29) is 18.2 Å². The highest BCUT2D eigenvalue weighted by Crippen LogP contribution is 2.42. The van der Waals surface area contributed by atoms with Gasteiger partial charge in [0.15, 0.2) is 0 Å². The minimum atomic E-state index is 0.140. The third-order valence-electron chi connectivity index (χ3n) is 3.99. The van der Waals surface area contributed by atoms with E-state index in [0.29, 0.717) is 0 Å². The van der Waals surface area contributed by atoms with Crippen LogP contribution in [-0.2, 0) is 0 Å². The number of para-hydroxylation sites is 3. The average Bonchev–Trinajstić information content (AvgIpc) is 2.46. The second kappa shape index (κ2) is 3.92. The average molecular weight is 252 g/mol. The van der Waals surface area contributed by atoms with Gasteiger partial charge in [-0.1, -0.05) is 30.3 Å². The van der Waals surface area contributed by atoms with Crippen molar-refractivity contribution in [3.63, 3.8) is 0 Å². The lowest BCUT2D eigenvalue weighted by Crippen LogP contribution is -2.48. The molecule has 2 aromatic rings. The fourth-order valence-corrected chi connectivity index (χ4v) is 3.03. The second-order valence-electron chi connectivity index (χ2n) is 5.20. The maximum absolute atomic E-state index is 6.01. The van der Waals surface area contributed by atoms with Gasteiger partial charge in [-0.15, -0.1) is 0 Å². The number of fused-ring (bicyclic) bond motifs is 4. The number of hydrogen-bond acceptors (Lipinski definition) is 3. The smallest absolute Gasteiger partial charge is 0.125 e. The molecule has 0 bridgehead atoms. The Morgan fingerprint density at radius 1 is 0.895 bits per heavy atom. The topological polar surface area (TPSA) is 33.3 Å². The lowest BCUT2D eigenvalue weighted by atomic mass is 9.89. The molecule has 0 spiro atoms. The first kappa shape index (κ1) is 10.7. The molecule has 0 radical (unpaired) electrons. The standard InChI is InChI=1S/C16H16N2O/c1-10-15-16(11-6-2-5-9-14(11)19-10)18-13-8-4-3-7-12(13)17-15/h2-10,15-18H,1H3/t10?,15-,16+/m0/s1. The van der Waals surface area contributed by atoms with Crippen molar-refractivity contribution in [3.05, 3.63) is 54.1 Å². The fourth-order valence-electron chi connectivity index (χ4n) is 3.03. The van der Waals surface area contributed by atoms with Gasteiger partial charge in [-0.25, -0.2) is 0 Å². The van der Waals surface area contributed by atoms with Crippen LogP contribution in [0.3, 0.4) is 0 Å². The first-order chi connectivity index (χ1) is 9.33. The van der Waals surface area contributed by atoms with Crippen molar-refractivity contribution >= 4 is 11.4 Å². The summed E-state index contributed by atoms with van der Waals surface area (Å²) in [5, 5.41) is 7.25. The molecule has 0 amide bonds. The lowest BCUT2D eigenvalue weighted by molar-refractivity contribution is 0.164. The summed E-state index contributed by atoms with van der Waals surface area (Å²) in [6.45, 7) is 2.12. The van der Waals surface area contributed by atoms with Crippen molar-refractivity contribution in [2.75, 3.05) is 10.6 Å². The number of nitrogens with one attached hydrogen (secondary N) is 2. The Bertz CT molecular complexity index is 626. The normalized spacial score (nSPS) is 26.9. The summed E-state index contributed by atoms with van der Waals surface area (Å²) < 4.78 is 6.01. The van der Waals surface area contributed by atoms with E-state index in [1.165, 1.54) is 5.56 Å². The Hall–Kier alpha value is -2.16. The largest absolute Gasteiger partial charge is 0.488 e. The van der Waals surface area contributed by atoms with E-state index in [1.807, 2.05) is 12.1 Å². The summed E-state index contributed by atoms with van der Waals surface area (Å²) in [5.74, 6) is 0.991. The van der Waals surface area contributed by atoms with Crippen molar-refractivity contribution in [1.29, 1.82) is 0 Å². The molecule has 0 saturated carbocycles. The molecule has 3 atom stereocenters. The molecule has 0 saturated heterocycles. The molecule has 2 heterocycles. The first-order valence-electron chi connectivity index (χ1n) is 6.70. The van der Waals surface area contributed by atoms with Gasteiger partial charge in [0.25, 0.3) is 0 Å². The van der Waals surface area contributed by atoms with Crippen molar-refractivity contribution in [2.45, 2.75) is 25.1 Å². The van der Waals surface area contributed by atoms with Crippen molar-refractivity contribution in [1.82, 2.24) is 0 Å². The minimum absolute atomic E-state index is 0.140. The summed E-state index contributed by atoms with van der Waals surface area (Å²) in [6, 6.07) is 17.1. The molecule has 0 aromatic heterocycles. The van der Waals surface area contributed by atoms with Gasteiger partial charge in [0.05, 0.1) is 23.5 Å². The summed E-state index contributed by atoms with van der Waals surface area (Å²) >= 11 is 0. The SMILES string of the molecule is CC1Oc2ccccc2[C@H]2Nc3ccccc3N[C@@H]12. The highest BCUT2D eigenvalue weighted by Gasteiger charge is 2.38. The molecular formula is C16H16N2O. The predicted molar refractivity (Wildman–Crippen MR) is 76.7 cm³/mol. The van der Waals surface area contributed by atoms with Gasteiger partial charge in [-0.2, -0.15) is 0 Å². The van der Waals surface area contributed by atoms with Crippen LogP contribution in [0.4, 0.5) is 11.4 Å². The Labute approximate surface area is 112 Å². The zero-order valence-electron chi connectivity index (χ0n) is 10.8. The Morgan fingerprint density at radius 2 is 1.58 bits per heavy atom. The van der Waals surface area contributed by atoms with Crippen LogP contribution in [0, 0.1) is 0 Å². The molecule has 2 aliphatic heterocycles. The predicted octanol–water partition coefficient (Wildman–Crippen LogP) is 3.41. The molecule has 19 heavy (non-hydrogen) atoms. The van der Waals surface area contributed by atoms with E-state index in [2.05, 4.69) is 54.0 Å². The van der Waals surface area contributed by atoms with Gasteiger partial charge in [0.1, 0.15) is 11.9 Å². The summed E-state index contributed by atoms with van der Waals surface area (Å²) in [6.07, 6.45) is 0.140. The van der Waals surface area contributed by atoms with E-state index in [0.717, 1.165) is 17.1 Å². The third kappa shape index (κ3) is 1.58. The highest BCUT2D eigenvalue weighted by molar-refractivity contribution is 5.73. The van der Waals surface area contributed by atoms with Crippen LogP contribution in [0.15, 0.2) is 48.5 Å². The van der Waals surface area contributed by atoms with E-state index in [4.69, 9.17) is 4.74 Å². The maximum atomic E-state index is 6.01. The van der Waals surface area contributed by atoms with Gasteiger partial charge in [-0.3, -0.25) is 0 Å². The molecule has 2 N–H and O–H groups in total. The van der Waals surface area contributed by atoms with Crippen LogP contribution in [0.1, 0.15) is 18.5 Å². The lowest BCUT2D eigenvalue weighted by Gasteiger charge is -2.43. The first-order valence-corrected chi connectivity index (χ1v) is 6.70. The third-order valence-corrected chi connectivity index (χ3v) is 3.99. The highest BCUT2D eigenvalue weighted by atomic mass is 16.5. The van der Waals surface area contributed by atoms with E-state index < -0.39 is 0 Å². The molecule has 2 aliphatic rings. The van der Waals surface area contributed by atoms with Crippen LogP contribution in [-0.4, -0.2) is 12.1 Å². The maximum Gasteiger partial charge on any atom is 0.125 e. The number of ether oxygens (including phenoxy) is 1. The summed E-state index contributed by atoms with van der Waals surface area (Å²) in [5.41, 5.74) is 3.54. The quantitative estimate of drug-likeness (QED) is 0.753. The Balaban J connectivity index is 1.82. The fraction of sp³-hybridized carbons (Fsp3) is 0.250. The zero-order valence-corrected chi connectivity index (χ0v) is 10.8. The minimum Gasteiger partial charge on any atom is -0.488 e. The van der Waals surface area contributed by atoms with Crippen molar-refractivity contribution < 1.29 is 4.74 Å². The molecule has 96 valence electrons. The Kier molecular flexibility index (Phi) is 2.21.